The first-order valence-electron chi connectivity index (χ1n) is 9.06. The van der Waals surface area contributed by atoms with Crippen LogP contribution in [0, 0.1) is 6.92 Å². The number of hydrogen-bond donors (Lipinski definition) is 2. The molecule has 0 aromatic heterocycles. The second-order valence-electron chi connectivity index (χ2n) is 6.67. The van der Waals surface area contributed by atoms with E-state index in [0.29, 0.717) is 11.4 Å². The van der Waals surface area contributed by atoms with Crippen LogP contribution in [0.4, 0.5) is 11.4 Å². The number of phenolic OH excluding ortho intramolecular Hbond substituents is 1. The van der Waals surface area contributed by atoms with Gasteiger partial charge in [0.15, 0.2) is 0 Å². The van der Waals surface area contributed by atoms with Crippen molar-refractivity contribution in [3.63, 3.8) is 0 Å². The summed E-state index contributed by atoms with van der Waals surface area (Å²) < 4.78 is 32.3. The Balaban J connectivity index is 1.86. The number of carbonyl (C=O) groups excluding carboxylic acids is 1. The van der Waals surface area contributed by atoms with Crippen LogP contribution in [0.25, 0.3) is 0 Å². The maximum atomic E-state index is 13.0. The zero-order valence-electron chi connectivity index (χ0n) is 16.8. The summed E-state index contributed by atoms with van der Waals surface area (Å²) in [4.78, 5) is 12.6. The fourth-order valence-corrected chi connectivity index (χ4v) is 4.07. The summed E-state index contributed by atoms with van der Waals surface area (Å²) in [6.45, 7) is 1.82. The summed E-state index contributed by atoms with van der Waals surface area (Å²) in [5.74, 6) is 0.0206. The maximum Gasteiger partial charge on any atom is 0.264 e. The highest BCUT2D eigenvalue weighted by atomic mass is 32.2. The van der Waals surface area contributed by atoms with Crippen LogP contribution in [0.2, 0.25) is 0 Å². The van der Waals surface area contributed by atoms with Gasteiger partial charge in [-0.2, -0.15) is 0 Å². The van der Waals surface area contributed by atoms with Gasteiger partial charge < -0.3 is 15.2 Å². The van der Waals surface area contributed by atoms with Crippen LogP contribution in [0.15, 0.2) is 71.6 Å². The lowest BCUT2D eigenvalue weighted by Crippen LogP contribution is -2.26. The van der Waals surface area contributed by atoms with E-state index >= 15 is 0 Å². The molecule has 0 saturated heterocycles. The Bertz CT molecular complexity index is 1170. The molecule has 2 N–H and O–H groups in total. The molecule has 3 rings (SSSR count). The molecule has 3 aromatic carbocycles. The number of nitrogens with one attached hydrogen (secondary N) is 1. The van der Waals surface area contributed by atoms with Crippen LogP contribution in [0.5, 0.6) is 11.5 Å². The average Bonchev–Trinajstić information content (AvgIpc) is 2.75. The predicted octanol–water partition coefficient (Wildman–Crippen LogP) is 3.79. The van der Waals surface area contributed by atoms with Gasteiger partial charge in [-0.25, -0.2) is 8.42 Å². The van der Waals surface area contributed by atoms with Crippen molar-refractivity contribution in [2.75, 3.05) is 23.8 Å². The van der Waals surface area contributed by atoms with Gasteiger partial charge in [0.05, 0.1) is 23.4 Å². The second kappa shape index (κ2) is 8.46. The van der Waals surface area contributed by atoms with Crippen LogP contribution in [-0.2, 0) is 10.0 Å². The quantitative estimate of drug-likeness (QED) is 0.585. The zero-order valence-corrected chi connectivity index (χ0v) is 17.6. The summed E-state index contributed by atoms with van der Waals surface area (Å²) in [6, 6.07) is 17.2. The van der Waals surface area contributed by atoms with Crippen molar-refractivity contribution < 1.29 is 23.1 Å². The molecular formula is C22H22N2O5S. The normalized spacial score (nSPS) is 11.0. The number of aromatic hydroxyl groups is 1. The Morgan fingerprint density at radius 2 is 1.73 bits per heavy atom. The molecule has 7 nitrogen and oxygen atoms in total. The zero-order chi connectivity index (χ0) is 21.9. The molecular weight excluding hydrogens is 404 g/mol. The molecule has 0 spiro atoms. The van der Waals surface area contributed by atoms with E-state index in [1.165, 1.54) is 44.5 Å². The number of methoxy groups -OCH3 is 1. The van der Waals surface area contributed by atoms with Gasteiger partial charge in [0.25, 0.3) is 15.9 Å². The van der Waals surface area contributed by atoms with Crippen molar-refractivity contribution in [1.82, 2.24) is 0 Å². The number of benzene rings is 3. The molecule has 0 unspecified atom stereocenters. The highest BCUT2D eigenvalue weighted by Gasteiger charge is 2.22. The smallest absolute Gasteiger partial charge is 0.264 e. The lowest BCUT2D eigenvalue weighted by atomic mass is 10.2. The van der Waals surface area contributed by atoms with Gasteiger partial charge in [-0.1, -0.05) is 12.1 Å². The topological polar surface area (TPSA) is 95.9 Å². The maximum absolute atomic E-state index is 13.0. The van der Waals surface area contributed by atoms with Gasteiger partial charge in [-0.05, 0) is 67.1 Å². The molecule has 0 aliphatic carbocycles. The molecule has 0 atom stereocenters. The Labute approximate surface area is 175 Å². The number of phenols is 1. The molecule has 0 heterocycles. The number of sulfonamides is 1. The number of aryl methyl sites for hydroxylation is 1. The third-order valence-electron chi connectivity index (χ3n) is 4.59. The molecule has 30 heavy (non-hydrogen) atoms. The van der Waals surface area contributed by atoms with Gasteiger partial charge in [-0.3, -0.25) is 9.10 Å². The number of rotatable bonds is 6. The highest BCUT2D eigenvalue weighted by Crippen LogP contribution is 2.26. The van der Waals surface area contributed by atoms with Crippen molar-refractivity contribution >= 4 is 27.3 Å². The van der Waals surface area contributed by atoms with Crippen LogP contribution in [0.1, 0.15) is 15.9 Å². The fourth-order valence-electron chi connectivity index (χ4n) is 2.83. The van der Waals surface area contributed by atoms with Crippen LogP contribution in [0.3, 0.4) is 0 Å². The van der Waals surface area contributed by atoms with Crippen molar-refractivity contribution in [3.8, 4) is 11.5 Å². The standard InChI is InChI=1S/C22H22N2O5S/c1-15-7-12-20(21(25)13-15)23-22(26)16-5-4-6-19(14-16)30(27,28)24(2)17-8-10-18(29-3)11-9-17/h4-14,25H,1-3H3,(H,23,26). The largest absolute Gasteiger partial charge is 0.506 e. The third-order valence-corrected chi connectivity index (χ3v) is 6.37. The van der Waals surface area contributed by atoms with E-state index in [0.717, 1.165) is 9.87 Å². The van der Waals surface area contributed by atoms with Crippen LogP contribution in [-0.4, -0.2) is 33.6 Å². The average molecular weight is 426 g/mol. The SMILES string of the molecule is COc1ccc(N(C)S(=O)(=O)c2cccc(C(=O)Nc3ccc(C)cc3O)c2)cc1. The van der Waals surface area contributed by atoms with Crippen LogP contribution >= 0.6 is 0 Å². The monoisotopic (exact) mass is 426 g/mol. The Kier molecular flexibility index (Phi) is 5.98. The van der Waals surface area contributed by atoms with Gasteiger partial charge in [0.1, 0.15) is 11.5 Å². The molecule has 0 saturated carbocycles. The van der Waals surface area contributed by atoms with Crippen molar-refractivity contribution in [3.05, 3.63) is 77.9 Å². The summed E-state index contributed by atoms with van der Waals surface area (Å²) in [7, 11) is -0.922. The first kappa shape index (κ1) is 21.2. The third kappa shape index (κ3) is 4.38. The molecule has 0 fully saturated rings. The minimum atomic E-state index is -3.89. The Morgan fingerprint density at radius 1 is 1.03 bits per heavy atom. The highest BCUT2D eigenvalue weighted by molar-refractivity contribution is 7.92. The van der Waals surface area contributed by atoms with Crippen LogP contribution < -0.4 is 14.4 Å². The molecule has 0 radical (unpaired) electrons. The van der Waals surface area contributed by atoms with Gasteiger partial charge in [-0.15, -0.1) is 0 Å². The summed E-state index contributed by atoms with van der Waals surface area (Å²) in [6.07, 6.45) is 0. The number of anilines is 2. The van der Waals surface area contributed by atoms with E-state index in [9.17, 15) is 18.3 Å². The lowest BCUT2D eigenvalue weighted by Gasteiger charge is -2.20. The fraction of sp³-hybridized carbons (Fsp3) is 0.136. The first-order valence-corrected chi connectivity index (χ1v) is 10.5. The number of nitrogens with zero attached hydrogens (tertiary/aromatic N) is 1. The van der Waals surface area contributed by atoms with E-state index in [-0.39, 0.29) is 21.9 Å². The van der Waals surface area contributed by atoms with Crippen molar-refractivity contribution in [1.29, 1.82) is 0 Å². The Morgan fingerprint density at radius 3 is 2.37 bits per heavy atom. The van der Waals surface area contributed by atoms with Gasteiger partial charge >= 0.3 is 0 Å². The van der Waals surface area contributed by atoms with Crippen molar-refractivity contribution in [2.24, 2.45) is 0 Å². The van der Waals surface area contributed by atoms with E-state index in [4.69, 9.17) is 4.74 Å². The number of ether oxygens (including phenoxy) is 1. The first-order chi connectivity index (χ1) is 14.2. The number of amides is 1. The van der Waals surface area contributed by atoms with E-state index < -0.39 is 15.9 Å². The van der Waals surface area contributed by atoms with E-state index in [2.05, 4.69) is 5.32 Å². The summed E-state index contributed by atoms with van der Waals surface area (Å²) >= 11 is 0. The molecule has 0 aliphatic rings. The van der Waals surface area contributed by atoms with E-state index in [1.807, 2.05) is 6.92 Å². The second-order valence-corrected chi connectivity index (χ2v) is 8.64. The number of carbonyl (C=O) groups is 1. The van der Waals surface area contributed by atoms with E-state index in [1.54, 1.807) is 36.4 Å². The van der Waals surface area contributed by atoms with Crippen molar-refractivity contribution in [2.45, 2.75) is 11.8 Å². The molecule has 3 aromatic rings. The van der Waals surface area contributed by atoms with Gasteiger partial charge in [0.2, 0.25) is 0 Å². The Hall–Kier alpha value is -3.52. The molecule has 0 aliphatic heterocycles. The van der Waals surface area contributed by atoms with Gasteiger partial charge in [0, 0.05) is 12.6 Å². The predicted molar refractivity (Wildman–Crippen MR) is 116 cm³/mol. The molecule has 1 amide bonds. The molecule has 8 heteroatoms. The number of hydrogen-bond acceptors (Lipinski definition) is 5. The summed E-state index contributed by atoms with van der Waals surface area (Å²) in [5, 5.41) is 12.6. The molecule has 0 bridgehead atoms. The summed E-state index contributed by atoms with van der Waals surface area (Å²) in [5.41, 5.74) is 1.70. The minimum absolute atomic E-state index is 0.0263. The molecule has 156 valence electrons. The minimum Gasteiger partial charge on any atom is -0.506 e. The lowest BCUT2D eigenvalue weighted by molar-refractivity contribution is 0.102.